The van der Waals surface area contributed by atoms with E-state index in [1.165, 1.54) is 4.88 Å². The van der Waals surface area contributed by atoms with E-state index in [1.807, 2.05) is 0 Å². The minimum absolute atomic E-state index is 0.332. The summed E-state index contributed by atoms with van der Waals surface area (Å²) >= 11 is 7.82. The summed E-state index contributed by atoms with van der Waals surface area (Å²) in [4.78, 5) is 13.5. The summed E-state index contributed by atoms with van der Waals surface area (Å²) in [6.45, 7) is 6.69. The highest BCUT2D eigenvalue weighted by atomic mass is 35.5. The SMILES string of the molecule is CCc1cc2c(N3CCOCC3CC)nc(Cl)nc2s1. The molecule has 0 N–H and O–H groups in total. The topological polar surface area (TPSA) is 38.2 Å². The molecule has 20 heavy (non-hydrogen) atoms. The molecule has 1 atom stereocenters. The molecule has 0 saturated carbocycles. The third-order valence-electron chi connectivity index (χ3n) is 3.72. The molecule has 108 valence electrons. The van der Waals surface area contributed by atoms with Crippen LogP contribution in [0.1, 0.15) is 25.1 Å². The zero-order valence-electron chi connectivity index (χ0n) is 11.7. The lowest BCUT2D eigenvalue weighted by Crippen LogP contribution is -2.45. The summed E-state index contributed by atoms with van der Waals surface area (Å²) in [7, 11) is 0. The van der Waals surface area contributed by atoms with E-state index in [2.05, 4.69) is 34.8 Å². The fourth-order valence-corrected chi connectivity index (χ4v) is 3.77. The van der Waals surface area contributed by atoms with Crippen molar-refractivity contribution in [3.8, 4) is 0 Å². The summed E-state index contributed by atoms with van der Waals surface area (Å²) in [5.74, 6) is 0.964. The van der Waals surface area contributed by atoms with Crippen molar-refractivity contribution in [1.82, 2.24) is 9.97 Å². The van der Waals surface area contributed by atoms with Crippen LogP contribution in [-0.4, -0.2) is 35.8 Å². The number of hydrogen-bond acceptors (Lipinski definition) is 5. The predicted molar refractivity (Wildman–Crippen MR) is 84.0 cm³/mol. The first-order chi connectivity index (χ1) is 9.72. The Morgan fingerprint density at radius 3 is 3.05 bits per heavy atom. The van der Waals surface area contributed by atoms with Crippen LogP contribution in [0.5, 0.6) is 0 Å². The van der Waals surface area contributed by atoms with E-state index in [0.717, 1.165) is 48.6 Å². The van der Waals surface area contributed by atoms with E-state index in [-0.39, 0.29) is 0 Å². The van der Waals surface area contributed by atoms with E-state index >= 15 is 0 Å². The Balaban J connectivity index is 2.11. The molecule has 1 aliphatic rings. The average molecular weight is 312 g/mol. The molecule has 0 amide bonds. The van der Waals surface area contributed by atoms with E-state index in [9.17, 15) is 0 Å². The smallest absolute Gasteiger partial charge is 0.225 e. The lowest BCUT2D eigenvalue weighted by atomic mass is 10.1. The van der Waals surface area contributed by atoms with Crippen LogP contribution in [-0.2, 0) is 11.2 Å². The number of aromatic nitrogens is 2. The maximum Gasteiger partial charge on any atom is 0.225 e. The number of aryl methyl sites for hydroxylation is 1. The van der Waals surface area contributed by atoms with Crippen molar-refractivity contribution in [2.24, 2.45) is 0 Å². The largest absolute Gasteiger partial charge is 0.377 e. The van der Waals surface area contributed by atoms with Crippen LogP contribution in [0.3, 0.4) is 0 Å². The second-order valence-electron chi connectivity index (χ2n) is 4.93. The van der Waals surface area contributed by atoms with Crippen LogP contribution in [0.15, 0.2) is 6.07 Å². The number of anilines is 1. The molecule has 0 aromatic carbocycles. The van der Waals surface area contributed by atoms with Crippen LogP contribution in [0.25, 0.3) is 10.2 Å². The first-order valence-electron chi connectivity index (χ1n) is 7.03. The Kier molecular flexibility index (Phi) is 4.10. The second kappa shape index (κ2) is 5.84. The normalized spacial score (nSPS) is 19.8. The molecule has 0 radical (unpaired) electrons. The van der Waals surface area contributed by atoms with Gasteiger partial charge in [0.05, 0.1) is 24.6 Å². The highest BCUT2D eigenvalue weighted by Gasteiger charge is 2.25. The van der Waals surface area contributed by atoms with Crippen molar-refractivity contribution in [1.29, 1.82) is 0 Å². The van der Waals surface area contributed by atoms with Gasteiger partial charge in [0, 0.05) is 11.4 Å². The number of nitrogens with zero attached hydrogens (tertiary/aromatic N) is 3. The van der Waals surface area contributed by atoms with Gasteiger partial charge in [-0.15, -0.1) is 11.3 Å². The molecule has 1 unspecified atom stereocenters. The number of fused-ring (bicyclic) bond motifs is 1. The van der Waals surface area contributed by atoms with Crippen molar-refractivity contribution in [3.05, 3.63) is 16.2 Å². The zero-order chi connectivity index (χ0) is 14.1. The number of hydrogen-bond donors (Lipinski definition) is 0. The summed E-state index contributed by atoms with van der Waals surface area (Å²) < 4.78 is 5.58. The van der Waals surface area contributed by atoms with Crippen LogP contribution in [0.2, 0.25) is 5.28 Å². The molecule has 2 aromatic rings. The van der Waals surface area contributed by atoms with Gasteiger partial charge in [-0.1, -0.05) is 13.8 Å². The standard InChI is InChI=1S/C14H18ClN3OS/c1-3-9-8-19-6-5-18(9)12-11-7-10(4-2)20-13(11)17-14(15)16-12/h7,9H,3-6,8H2,1-2H3. The molecule has 0 bridgehead atoms. The maximum absolute atomic E-state index is 6.11. The Morgan fingerprint density at radius 1 is 1.45 bits per heavy atom. The Morgan fingerprint density at radius 2 is 2.30 bits per heavy atom. The molecular weight excluding hydrogens is 294 g/mol. The van der Waals surface area contributed by atoms with Gasteiger partial charge in [-0.05, 0) is 30.5 Å². The van der Waals surface area contributed by atoms with Crippen molar-refractivity contribution in [2.45, 2.75) is 32.7 Å². The van der Waals surface area contributed by atoms with E-state index in [0.29, 0.717) is 11.3 Å². The monoisotopic (exact) mass is 311 g/mol. The Hall–Kier alpha value is -0.910. The average Bonchev–Trinajstić information content (AvgIpc) is 2.89. The Bertz CT molecular complexity index is 616. The van der Waals surface area contributed by atoms with Gasteiger partial charge in [-0.2, -0.15) is 4.98 Å². The maximum atomic E-state index is 6.11. The minimum Gasteiger partial charge on any atom is -0.377 e. The fourth-order valence-electron chi connectivity index (χ4n) is 2.60. The summed E-state index contributed by atoms with van der Waals surface area (Å²) in [5, 5.41) is 1.45. The summed E-state index contributed by atoms with van der Waals surface area (Å²) in [6, 6.07) is 2.57. The molecule has 4 nitrogen and oxygen atoms in total. The number of morpholine rings is 1. The number of ether oxygens (including phenoxy) is 1. The number of thiophene rings is 1. The van der Waals surface area contributed by atoms with Gasteiger partial charge in [0.2, 0.25) is 5.28 Å². The summed E-state index contributed by atoms with van der Waals surface area (Å²) in [5.41, 5.74) is 0. The van der Waals surface area contributed by atoms with Gasteiger partial charge < -0.3 is 9.64 Å². The quantitative estimate of drug-likeness (QED) is 0.813. The lowest BCUT2D eigenvalue weighted by molar-refractivity contribution is 0.0927. The van der Waals surface area contributed by atoms with Crippen LogP contribution in [0, 0.1) is 0 Å². The third kappa shape index (κ3) is 2.50. The highest BCUT2D eigenvalue weighted by molar-refractivity contribution is 7.18. The first kappa shape index (κ1) is 14.0. The number of rotatable bonds is 3. The van der Waals surface area contributed by atoms with Crippen LogP contribution in [0.4, 0.5) is 5.82 Å². The van der Waals surface area contributed by atoms with Gasteiger partial charge in [-0.25, -0.2) is 4.98 Å². The molecule has 3 heterocycles. The van der Waals surface area contributed by atoms with Gasteiger partial charge >= 0.3 is 0 Å². The molecule has 1 aliphatic heterocycles. The van der Waals surface area contributed by atoms with Crippen molar-refractivity contribution in [2.75, 3.05) is 24.7 Å². The van der Waals surface area contributed by atoms with E-state index in [1.54, 1.807) is 11.3 Å². The zero-order valence-corrected chi connectivity index (χ0v) is 13.3. The first-order valence-corrected chi connectivity index (χ1v) is 8.22. The third-order valence-corrected chi connectivity index (χ3v) is 5.06. The van der Waals surface area contributed by atoms with Gasteiger partial charge in [0.1, 0.15) is 10.6 Å². The minimum atomic E-state index is 0.332. The van der Waals surface area contributed by atoms with Gasteiger partial charge in [-0.3, -0.25) is 0 Å². The van der Waals surface area contributed by atoms with Crippen molar-refractivity contribution >= 4 is 39.0 Å². The molecule has 6 heteroatoms. The van der Waals surface area contributed by atoms with Crippen LogP contribution < -0.4 is 4.90 Å². The molecular formula is C14H18ClN3OS. The van der Waals surface area contributed by atoms with Crippen molar-refractivity contribution in [3.63, 3.8) is 0 Å². The highest BCUT2D eigenvalue weighted by Crippen LogP contribution is 2.34. The second-order valence-corrected chi connectivity index (χ2v) is 6.38. The molecule has 0 aliphatic carbocycles. The Labute approximate surface area is 127 Å². The molecule has 0 spiro atoms. The molecule has 2 aromatic heterocycles. The fraction of sp³-hybridized carbons (Fsp3) is 0.571. The van der Waals surface area contributed by atoms with Crippen LogP contribution >= 0.6 is 22.9 Å². The predicted octanol–water partition coefficient (Wildman–Crippen LogP) is 3.52. The summed E-state index contributed by atoms with van der Waals surface area (Å²) in [6.07, 6.45) is 2.05. The van der Waals surface area contributed by atoms with E-state index < -0.39 is 0 Å². The number of halogens is 1. The molecule has 1 saturated heterocycles. The van der Waals surface area contributed by atoms with Gasteiger partial charge in [0.25, 0.3) is 0 Å². The van der Waals surface area contributed by atoms with Gasteiger partial charge in [0.15, 0.2) is 0 Å². The lowest BCUT2D eigenvalue weighted by Gasteiger charge is -2.36. The molecule has 3 rings (SSSR count). The molecule has 1 fully saturated rings. The van der Waals surface area contributed by atoms with E-state index in [4.69, 9.17) is 16.3 Å². The van der Waals surface area contributed by atoms with Crippen molar-refractivity contribution < 1.29 is 4.74 Å².